The van der Waals surface area contributed by atoms with Crippen molar-refractivity contribution in [2.45, 2.75) is 4.90 Å². The minimum absolute atomic E-state index is 0.835. The Bertz CT molecular complexity index is 575. The zero-order chi connectivity index (χ0) is 9.54. The number of fused-ring (bicyclic) bond motifs is 3. The molecule has 1 aliphatic rings. The average Bonchev–Trinajstić information content (AvgIpc) is 2.61. The Kier molecular flexibility index (Phi) is 1.55. The van der Waals surface area contributed by atoms with Crippen LogP contribution in [-0.2, 0) is 10.8 Å². The molecule has 0 spiro atoms. The lowest BCUT2D eigenvalue weighted by Crippen LogP contribution is -1.90. The standard InChI is InChI=1S/C11H7NOS/c13-14-6-5-10-11(14)9-4-2-1-3-8(9)7-12-10/h1-7H. The van der Waals surface area contributed by atoms with Gasteiger partial charge in [0.2, 0.25) is 0 Å². The summed E-state index contributed by atoms with van der Waals surface area (Å²) in [5.74, 6) is 0. The third-order valence-electron chi connectivity index (χ3n) is 2.33. The molecule has 0 bridgehead atoms. The van der Waals surface area contributed by atoms with Crippen molar-refractivity contribution >= 4 is 27.6 Å². The van der Waals surface area contributed by atoms with Gasteiger partial charge in [0.15, 0.2) is 0 Å². The molecule has 1 unspecified atom stereocenters. The van der Waals surface area contributed by atoms with E-state index in [0.29, 0.717) is 0 Å². The zero-order valence-corrected chi connectivity index (χ0v) is 8.12. The van der Waals surface area contributed by atoms with Gasteiger partial charge in [-0.25, -0.2) is 4.21 Å². The van der Waals surface area contributed by atoms with Crippen LogP contribution in [0.25, 0.3) is 16.8 Å². The van der Waals surface area contributed by atoms with Gasteiger partial charge >= 0.3 is 0 Å². The fourth-order valence-electron chi connectivity index (χ4n) is 1.68. The molecule has 2 aromatic rings. The van der Waals surface area contributed by atoms with Gasteiger partial charge < -0.3 is 0 Å². The van der Waals surface area contributed by atoms with E-state index in [9.17, 15) is 4.21 Å². The maximum atomic E-state index is 11.7. The SMILES string of the molecule is O=S1C=Cc2ncc3ccccc3c21. The van der Waals surface area contributed by atoms with Crippen molar-refractivity contribution in [3.63, 3.8) is 0 Å². The maximum absolute atomic E-state index is 11.7. The highest BCUT2D eigenvalue weighted by Crippen LogP contribution is 2.29. The fourth-order valence-corrected chi connectivity index (χ4v) is 2.79. The maximum Gasteiger partial charge on any atom is 0.0807 e. The van der Waals surface area contributed by atoms with Crippen LogP contribution >= 0.6 is 0 Å². The lowest BCUT2D eigenvalue weighted by Gasteiger charge is -2.02. The second kappa shape index (κ2) is 2.75. The van der Waals surface area contributed by atoms with Crippen LogP contribution in [-0.4, -0.2) is 9.19 Å². The second-order valence-corrected chi connectivity index (χ2v) is 4.44. The summed E-state index contributed by atoms with van der Waals surface area (Å²) in [7, 11) is -1.02. The van der Waals surface area contributed by atoms with Crippen LogP contribution in [0.2, 0.25) is 0 Å². The van der Waals surface area contributed by atoms with Gasteiger partial charge in [-0.3, -0.25) is 4.98 Å². The molecule has 0 radical (unpaired) electrons. The highest BCUT2D eigenvalue weighted by molar-refractivity contribution is 7.88. The van der Waals surface area contributed by atoms with Crippen molar-refractivity contribution in [3.05, 3.63) is 41.6 Å². The van der Waals surface area contributed by atoms with Crippen LogP contribution in [0, 0.1) is 0 Å². The minimum atomic E-state index is -1.02. The van der Waals surface area contributed by atoms with Gasteiger partial charge in [-0.15, -0.1) is 0 Å². The van der Waals surface area contributed by atoms with Gasteiger partial charge in [0.25, 0.3) is 0 Å². The van der Waals surface area contributed by atoms with Gasteiger partial charge in [-0.2, -0.15) is 0 Å². The third-order valence-corrected chi connectivity index (χ3v) is 3.55. The number of nitrogens with zero attached hydrogens (tertiary/aromatic N) is 1. The molecule has 1 aromatic heterocycles. The Balaban J connectivity index is 2.50. The second-order valence-electron chi connectivity index (χ2n) is 3.16. The van der Waals surface area contributed by atoms with E-state index in [1.165, 1.54) is 0 Å². The number of rotatable bonds is 0. The van der Waals surface area contributed by atoms with Crippen molar-refractivity contribution in [1.82, 2.24) is 4.98 Å². The topological polar surface area (TPSA) is 30.0 Å². The lowest BCUT2D eigenvalue weighted by molar-refractivity contribution is 0.689. The van der Waals surface area contributed by atoms with Crippen LogP contribution in [0.5, 0.6) is 0 Å². The summed E-state index contributed by atoms with van der Waals surface area (Å²) < 4.78 is 11.7. The van der Waals surface area contributed by atoms with E-state index in [2.05, 4.69) is 4.98 Å². The number of pyridine rings is 1. The van der Waals surface area contributed by atoms with Crippen LogP contribution in [0.3, 0.4) is 0 Å². The summed E-state index contributed by atoms with van der Waals surface area (Å²) >= 11 is 0. The highest BCUT2D eigenvalue weighted by Gasteiger charge is 2.16. The molecular weight excluding hydrogens is 194 g/mol. The molecule has 0 aliphatic carbocycles. The number of benzene rings is 1. The van der Waals surface area contributed by atoms with E-state index in [1.54, 1.807) is 5.41 Å². The fraction of sp³-hybridized carbons (Fsp3) is 0. The number of aromatic nitrogens is 1. The molecule has 0 fully saturated rings. The largest absolute Gasteiger partial charge is 0.255 e. The van der Waals surface area contributed by atoms with Gasteiger partial charge in [0, 0.05) is 22.4 Å². The molecule has 68 valence electrons. The van der Waals surface area contributed by atoms with Gasteiger partial charge in [0.05, 0.1) is 21.4 Å². The predicted molar refractivity (Wildman–Crippen MR) is 57.2 cm³/mol. The van der Waals surface area contributed by atoms with Crippen molar-refractivity contribution < 1.29 is 4.21 Å². The highest BCUT2D eigenvalue weighted by atomic mass is 32.2. The van der Waals surface area contributed by atoms with Crippen molar-refractivity contribution in [2.24, 2.45) is 0 Å². The first-order valence-electron chi connectivity index (χ1n) is 4.33. The molecule has 3 rings (SSSR count). The smallest absolute Gasteiger partial charge is 0.0807 e. The molecule has 0 amide bonds. The van der Waals surface area contributed by atoms with Gasteiger partial charge in [-0.05, 0) is 6.08 Å². The third kappa shape index (κ3) is 0.960. The Morgan fingerprint density at radius 3 is 3.00 bits per heavy atom. The Morgan fingerprint density at radius 2 is 2.07 bits per heavy atom. The first kappa shape index (κ1) is 7.88. The van der Waals surface area contributed by atoms with Gasteiger partial charge in [-0.1, -0.05) is 24.3 Å². The summed E-state index contributed by atoms with van der Waals surface area (Å²) in [5, 5.41) is 3.77. The molecule has 0 N–H and O–H groups in total. The summed E-state index contributed by atoms with van der Waals surface area (Å²) in [6, 6.07) is 7.89. The van der Waals surface area contributed by atoms with E-state index in [0.717, 1.165) is 21.4 Å². The Morgan fingerprint density at radius 1 is 1.21 bits per heavy atom. The van der Waals surface area contributed by atoms with E-state index in [4.69, 9.17) is 0 Å². The van der Waals surface area contributed by atoms with Crippen molar-refractivity contribution in [1.29, 1.82) is 0 Å². The molecule has 14 heavy (non-hydrogen) atoms. The predicted octanol–water partition coefficient (Wildman–Crippen LogP) is 2.33. The molecule has 3 heteroatoms. The molecule has 1 aromatic carbocycles. The van der Waals surface area contributed by atoms with Crippen LogP contribution < -0.4 is 0 Å². The molecular formula is C11H7NOS. The number of hydrogen-bond acceptors (Lipinski definition) is 2. The quantitative estimate of drug-likeness (QED) is 0.654. The Hall–Kier alpha value is -1.48. The summed E-state index contributed by atoms with van der Waals surface area (Å²) in [5.41, 5.74) is 0.835. The molecule has 2 nitrogen and oxygen atoms in total. The van der Waals surface area contributed by atoms with Crippen LogP contribution in [0.15, 0.2) is 40.8 Å². The summed E-state index contributed by atoms with van der Waals surface area (Å²) in [6.07, 6.45) is 3.64. The molecule has 0 saturated carbocycles. The van der Waals surface area contributed by atoms with Crippen LogP contribution in [0.1, 0.15) is 5.69 Å². The first-order chi connectivity index (χ1) is 6.86. The molecule has 0 saturated heterocycles. The van der Waals surface area contributed by atoms with E-state index in [-0.39, 0.29) is 0 Å². The molecule has 1 aliphatic heterocycles. The average molecular weight is 201 g/mol. The van der Waals surface area contributed by atoms with Crippen molar-refractivity contribution in [3.8, 4) is 0 Å². The number of hydrogen-bond donors (Lipinski definition) is 0. The van der Waals surface area contributed by atoms with Crippen molar-refractivity contribution in [2.75, 3.05) is 0 Å². The molecule has 1 atom stereocenters. The van der Waals surface area contributed by atoms with Crippen LogP contribution in [0.4, 0.5) is 0 Å². The normalized spacial score (nSPS) is 18.7. The van der Waals surface area contributed by atoms with E-state index < -0.39 is 10.8 Å². The summed E-state index contributed by atoms with van der Waals surface area (Å²) in [6.45, 7) is 0. The zero-order valence-electron chi connectivity index (χ0n) is 7.31. The van der Waals surface area contributed by atoms with Gasteiger partial charge in [0.1, 0.15) is 0 Å². The minimum Gasteiger partial charge on any atom is -0.255 e. The van der Waals surface area contributed by atoms with E-state index in [1.807, 2.05) is 36.5 Å². The Labute approximate surface area is 83.7 Å². The first-order valence-corrected chi connectivity index (χ1v) is 5.54. The lowest BCUT2D eigenvalue weighted by atomic mass is 10.1. The molecule has 2 heterocycles. The van der Waals surface area contributed by atoms with E-state index >= 15 is 0 Å². The summed E-state index contributed by atoms with van der Waals surface area (Å²) in [4.78, 5) is 5.11. The monoisotopic (exact) mass is 201 g/mol.